The van der Waals surface area contributed by atoms with Crippen LogP contribution < -0.4 is 5.32 Å². The number of benzene rings is 1. The van der Waals surface area contributed by atoms with Crippen molar-refractivity contribution in [3.63, 3.8) is 0 Å². The summed E-state index contributed by atoms with van der Waals surface area (Å²) < 4.78 is 1.63. The van der Waals surface area contributed by atoms with Gasteiger partial charge in [-0.1, -0.05) is 17.7 Å². The first-order valence-electron chi connectivity index (χ1n) is 6.56. The highest BCUT2D eigenvalue weighted by Crippen LogP contribution is 2.11. The van der Waals surface area contributed by atoms with Crippen LogP contribution in [0.1, 0.15) is 15.9 Å². The molecule has 0 bridgehead atoms. The van der Waals surface area contributed by atoms with Crippen LogP contribution in [0.3, 0.4) is 0 Å². The van der Waals surface area contributed by atoms with Crippen LogP contribution in [0.5, 0.6) is 0 Å². The van der Waals surface area contributed by atoms with Crippen LogP contribution in [-0.2, 0) is 6.54 Å². The monoisotopic (exact) mass is 313 g/mol. The number of amides is 1. The van der Waals surface area contributed by atoms with E-state index in [9.17, 15) is 4.79 Å². The number of carbonyl (C=O) groups excluding carboxylic acids is 1. The van der Waals surface area contributed by atoms with Crippen LogP contribution in [0, 0.1) is 0 Å². The molecule has 0 aliphatic rings. The molecule has 0 spiro atoms. The summed E-state index contributed by atoms with van der Waals surface area (Å²) in [6.07, 6.45) is 5.03. The number of rotatable bonds is 4. The zero-order chi connectivity index (χ0) is 15.4. The van der Waals surface area contributed by atoms with E-state index in [0.29, 0.717) is 17.1 Å². The van der Waals surface area contributed by atoms with Gasteiger partial charge in [0.25, 0.3) is 5.91 Å². The molecule has 0 radical (unpaired) electrons. The number of nitrogens with one attached hydrogen (secondary N) is 1. The molecule has 110 valence electrons. The van der Waals surface area contributed by atoms with Gasteiger partial charge in [-0.15, -0.1) is 5.10 Å². The maximum atomic E-state index is 12.0. The quantitative estimate of drug-likeness (QED) is 0.803. The molecular weight excluding hydrogens is 302 g/mol. The SMILES string of the molecule is O=C(Nc1ncn(Cc2cccnc2)n1)c1ccc(Cl)cc1. The predicted molar refractivity (Wildman–Crippen MR) is 82.8 cm³/mol. The van der Waals surface area contributed by atoms with E-state index in [2.05, 4.69) is 20.4 Å². The Morgan fingerprint density at radius 1 is 1.23 bits per heavy atom. The van der Waals surface area contributed by atoms with Gasteiger partial charge in [-0.2, -0.15) is 0 Å². The average Bonchev–Trinajstić information content (AvgIpc) is 2.96. The molecule has 22 heavy (non-hydrogen) atoms. The minimum absolute atomic E-state index is 0.254. The standard InChI is InChI=1S/C15H12ClN5O/c16-13-5-3-12(4-6-13)14(22)19-15-18-10-21(20-15)9-11-2-1-7-17-8-11/h1-8,10H,9H2,(H,19,20,22). The first-order valence-corrected chi connectivity index (χ1v) is 6.94. The lowest BCUT2D eigenvalue weighted by atomic mass is 10.2. The van der Waals surface area contributed by atoms with Crippen molar-refractivity contribution in [2.45, 2.75) is 6.54 Å². The van der Waals surface area contributed by atoms with Crippen LogP contribution in [0.15, 0.2) is 55.1 Å². The number of halogens is 1. The van der Waals surface area contributed by atoms with Crippen molar-refractivity contribution in [2.24, 2.45) is 0 Å². The highest BCUT2D eigenvalue weighted by atomic mass is 35.5. The van der Waals surface area contributed by atoms with Crippen molar-refractivity contribution < 1.29 is 4.79 Å². The number of nitrogens with zero attached hydrogens (tertiary/aromatic N) is 4. The van der Waals surface area contributed by atoms with Crippen molar-refractivity contribution in [2.75, 3.05) is 5.32 Å². The van der Waals surface area contributed by atoms with E-state index >= 15 is 0 Å². The van der Waals surface area contributed by atoms with Gasteiger partial charge in [-0.25, -0.2) is 9.67 Å². The Morgan fingerprint density at radius 2 is 2.05 bits per heavy atom. The van der Waals surface area contributed by atoms with Gasteiger partial charge in [0.2, 0.25) is 5.95 Å². The van der Waals surface area contributed by atoms with E-state index in [-0.39, 0.29) is 11.9 Å². The smallest absolute Gasteiger partial charge is 0.258 e. The van der Waals surface area contributed by atoms with Crippen LogP contribution in [-0.4, -0.2) is 25.7 Å². The Morgan fingerprint density at radius 3 is 2.77 bits per heavy atom. The molecule has 2 heterocycles. The molecule has 0 atom stereocenters. The lowest BCUT2D eigenvalue weighted by molar-refractivity contribution is 0.102. The van der Waals surface area contributed by atoms with E-state index in [4.69, 9.17) is 11.6 Å². The van der Waals surface area contributed by atoms with Gasteiger partial charge in [-0.3, -0.25) is 15.1 Å². The Hall–Kier alpha value is -2.73. The summed E-state index contributed by atoms with van der Waals surface area (Å²) in [4.78, 5) is 20.1. The molecule has 0 aliphatic heterocycles. The minimum Gasteiger partial charge on any atom is -0.289 e. The summed E-state index contributed by atoms with van der Waals surface area (Å²) in [5.74, 6) is -0.0281. The van der Waals surface area contributed by atoms with Gasteiger partial charge in [0.15, 0.2) is 0 Å². The second kappa shape index (κ2) is 6.36. The molecule has 7 heteroatoms. The van der Waals surface area contributed by atoms with Gasteiger partial charge in [0.05, 0.1) is 6.54 Å². The molecule has 1 amide bonds. The van der Waals surface area contributed by atoms with Crippen molar-refractivity contribution in [3.05, 3.63) is 71.3 Å². The van der Waals surface area contributed by atoms with Gasteiger partial charge in [0, 0.05) is 23.0 Å². The number of carbonyl (C=O) groups is 1. The molecule has 1 N–H and O–H groups in total. The van der Waals surface area contributed by atoms with Crippen molar-refractivity contribution in [1.82, 2.24) is 19.7 Å². The number of aromatic nitrogens is 4. The fraction of sp³-hybridized carbons (Fsp3) is 0.0667. The Labute approximate surface area is 131 Å². The largest absolute Gasteiger partial charge is 0.289 e. The van der Waals surface area contributed by atoms with Gasteiger partial charge < -0.3 is 0 Å². The van der Waals surface area contributed by atoms with E-state index in [1.807, 2.05) is 12.1 Å². The van der Waals surface area contributed by atoms with Crippen molar-refractivity contribution in [3.8, 4) is 0 Å². The van der Waals surface area contributed by atoms with Gasteiger partial charge >= 0.3 is 0 Å². The van der Waals surface area contributed by atoms with Gasteiger partial charge in [0.1, 0.15) is 6.33 Å². The third-order valence-corrected chi connectivity index (χ3v) is 3.19. The molecule has 0 unspecified atom stereocenters. The predicted octanol–water partition coefficient (Wildman–Crippen LogP) is 2.63. The number of hydrogen-bond donors (Lipinski definition) is 1. The molecule has 1 aromatic carbocycles. The summed E-state index contributed by atoms with van der Waals surface area (Å²) in [6, 6.07) is 10.4. The van der Waals surface area contributed by atoms with Crippen LogP contribution in [0.4, 0.5) is 5.95 Å². The second-order valence-corrected chi connectivity index (χ2v) is 5.02. The Balaban J connectivity index is 1.66. The van der Waals surface area contributed by atoms with Crippen molar-refractivity contribution >= 4 is 23.5 Å². The third kappa shape index (κ3) is 3.48. The summed E-state index contributed by atoms with van der Waals surface area (Å²) in [7, 11) is 0. The maximum Gasteiger partial charge on any atom is 0.258 e. The molecule has 0 saturated heterocycles. The first-order chi connectivity index (χ1) is 10.7. The highest BCUT2D eigenvalue weighted by Gasteiger charge is 2.09. The van der Waals surface area contributed by atoms with E-state index in [0.717, 1.165) is 5.56 Å². The van der Waals surface area contributed by atoms with Crippen LogP contribution in [0.2, 0.25) is 5.02 Å². The van der Waals surface area contributed by atoms with E-state index in [1.54, 1.807) is 47.7 Å². The molecule has 3 aromatic rings. The summed E-state index contributed by atoms with van der Waals surface area (Å²) >= 11 is 5.79. The lowest BCUT2D eigenvalue weighted by Crippen LogP contribution is -2.13. The molecule has 3 rings (SSSR count). The fourth-order valence-corrected chi connectivity index (χ4v) is 2.01. The van der Waals surface area contributed by atoms with Crippen molar-refractivity contribution in [1.29, 1.82) is 0 Å². The molecule has 0 saturated carbocycles. The Bertz CT molecular complexity index is 770. The number of anilines is 1. The molecule has 6 nitrogen and oxygen atoms in total. The van der Waals surface area contributed by atoms with Crippen LogP contribution >= 0.6 is 11.6 Å². The molecular formula is C15H12ClN5O. The molecule has 2 aromatic heterocycles. The van der Waals surface area contributed by atoms with E-state index < -0.39 is 0 Å². The lowest BCUT2D eigenvalue weighted by Gasteiger charge is -2.01. The maximum absolute atomic E-state index is 12.0. The second-order valence-electron chi connectivity index (χ2n) is 4.59. The summed E-state index contributed by atoms with van der Waals surface area (Å²) in [5.41, 5.74) is 1.50. The third-order valence-electron chi connectivity index (χ3n) is 2.94. The topological polar surface area (TPSA) is 72.7 Å². The number of pyridine rings is 1. The van der Waals surface area contributed by atoms with Gasteiger partial charge in [-0.05, 0) is 35.9 Å². The minimum atomic E-state index is -0.282. The number of hydrogen-bond acceptors (Lipinski definition) is 4. The zero-order valence-electron chi connectivity index (χ0n) is 11.5. The van der Waals surface area contributed by atoms with E-state index in [1.165, 1.54) is 0 Å². The normalized spacial score (nSPS) is 10.4. The zero-order valence-corrected chi connectivity index (χ0v) is 12.2. The molecule has 0 fully saturated rings. The average molecular weight is 314 g/mol. The summed E-state index contributed by atoms with van der Waals surface area (Å²) in [6.45, 7) is 0.539. The Kier molecular flexibility index (Phi) is 4.11. The summed E-state index contributed by atoms with van der Waals surface area (Å²) in [5, 5.41) is 7.43. The highest BCUT2D eigenvalue weighted by molar-refractivity contribution is 6.30. The van der Waals surface area contributed by atoms with Crippen LogP contribution in [0.25, 0.3) is 0 Å². The first kappa shape index (κ1) is 14.2. The molecule has 0 aliphatic carbocycles. The fourth-order valence-electron chi connectivity index (χ4n) is 1.88.